The largest absolute Gasteiger partial charge is 0.478 e. The van der Waals surface area contributed by atoms with Gasteiger partial charge >= 0.3 is 5.97 Å². The van der Waals surface area contributed by atoms with Gasteiger partial charge in [0, 0.05) is 20.3 Å². The van der Waals surface area contributed by atoms with E-state index in [2.05, 4.69) is 5.10 Å². The highest BCUT2D eigenvalue weighted by Crippen LogP contribution is 2.20. The molecule has 0 bridgehead atoms. The number of nitrogens with zero attached hydrogens (tertiary/aromatic N) is 3. The summed E-state index contributed by atoms with van der Waals surface area (Å²) in [5.74, 6) is -1.43. The predicted molar refractivity (Wildman–Crippen MR) is 69.3 cm³/mol. The Labute approximate surface area is 109 Å². The van der Waals surface area contributed by atoms with Gasteiger partial charge in [0.15, 0.2) is 5.69 Å². The molecule has 0 saturated heterocycles. The second kappa shape index (κ2) is 4.93. The lowest BCUT2D eigenvalue weighted by Crippen LogP contribution is -2.28. The number of carboxylic acids is 1. The fraction of sp³-hybridized carbons (Fsp3) is 0.154. The van der Waals surface area contributed by atoms with Crippen LogP contribution in [0.1, 0.15) is 20.8 Å². The van der Waals surface area contributed by atoms with E-state index in [0.29, 0.717) is 5.69 Å². The first-order valence-electron chi connectivity index (χ1n) is 5.60. The summed E-state index contributed by atoms with van der Waals surface area (Å²) in [4.78, 5) is 24.6. The Morgan fingerprint density at radius 2 is 1.95 bits per heavy atom. The van der Waals surface area contributed by atoms with Crippen LogP contribution in [-0.2, 0) is 7.05 Å². The van der Waals surface area contributed by atoms with Crippen LogP contribution < -0.4 is 4.90 Å². The maximum atomic E-state index is 12.2. The number of aromatic carboxylic acids is 1. The molecule has 0 aliphatic rings. The van der Waals surface area contributed by atoms with Gasteiger partial charge in [-0.2, -0.15) is 5.10 Å². The molecule has 0 spiro atoms. The van der Waals surface area contributed by atoms with E-state index >= 15 is 0 Å². The lowest BCUT2D eigenvalue weighted by molar-refractivity contribution is 0.0697. The zero-order valence-electron chi connectivity index (χ0n) is 10.6. The number of amides is 1. The van der Waals surface area contributed by atoms with Gasteiger partial charge < -0.3 is 10.0 Å². The number of carbonyl (C=O) groups excluding carboxylic acids is 1. The molecule has 1 amide bonds. The van der Waals surface area contributed by atoms with E-state index in [1.165, 1.54) is 22.7 Å². The van der Waals surface area contributed by atoms with E-state index in [1.807, 2.05) is 0 Å². The normalized spacial score (nSPS) is 10.2. The van der Waals surface area contributed by atoms with Gasteiger partial charge in [0.05, 0.1) is 11.3 Å². The van der Waals surface area contributed by atoms with E-state index in [4.69, 9.17) is 5.11 Å². The van der Waals surface area contributed by atoms with E-state index < -0.39 is 5.97 Å². The number of aromatic nitrogens is 2. The molecule has 1 aromatic carbocycles. The van der Waals surface area contributed by atoms with Crippen LogP contribution in [0, 0.1) is 0 Å². The van der Waals surface area contributed by atoms with Crippen LogP contribution in [0.4, 0.5) is 5.69 Å². The van der Waals surface area contributed by atoms with Crippen molar-refractivity contribution in [1.82, 2.24) is 9.78 Å². The fourth-order valence-electron chi connectivity index (χ4n) is 1.76. The minimum atomic E-state index is -1.07. The quantitative estimate of drug-likeness (QED) is 0.903. The van der Waals surface area contributed by atoms with E-state index in [1.54, 1.807) is 37.5 Å². The molecule has 0 atom stereocenters. The molecular weight excluding hydrogens is 246 g/mol. The van der Waals surface area contributed by atoms with Crippen LogP contribution >= 0.6 is 0 Å². The Morgan fingerprint density at radius 1 is 1.26 bits per heavy atom. The summed E-state index contributed by atoms with van der Waals surface area (Å²) < 4.78 is 1.52. The molecule has 2 rings (SSSR count). The highest BCUT2D eigenvalue weighted by molar-refractivity contribution is 6.08. The van der Waals surface area contributed by atoms with Crippen molar-refractivity contribution >= 4 is 17.6 Å². The number of anilines is 1. The SMILES string of the molecule is CN(C(=O)c1ccn(C)n1)c1ccccc1C(=O)O. The monoisotopic (exact) mass is 259 g/mol. The molecule has 1 aromatic heterocycles. The number of carbonyl (C=O) groups is 2. The third-order valence-electron chi connectivity index (χ3n) is 2.73. The Morgan fingerprint density at radius 3 is 2.53 bits per heavy atom. The third kappa shape index (κ3) is 2.47. The van der Waals surface area contributed by atoms with Crippen LogP contribution in [0.3, 0.4) is 0 Å². The molecule has 19 heavy (non-hydrogen) atoms. The highest BCUT2D eigenvalue weighted by atomic mass is 16.4. The molecule has 1 N–H and O–H groups in total. The smallest absolute Gasteiger partial charge is 0.337 e. The van der Waals surface area contributed by atoms with Gasteiger partial charge in [-0.1, -0.05) is 12.1 Å². The van der Waals surface area contributed by atoms with E-state index in [-0.39, 0.29) is 17.2 Å². The lowest BCUT2D eigenvalue weighted by Gasteiger charge is -2.18. The van der Waals surface area contributed by atoms with Gasteiger partial charge in [-0.25, -0.2) is 4.79 Å². The van der Waals surface area contributed by atoms with Gasteiger partial charge in [-0.15, -0.1) is 0 Å². The molecule has 98 valence electrons. The fourth-order valence-corrected chi connectivity index (χ4v) is 1.76. The Kier molecular flexibility index (Phi) is 3.33. The molecular formula is C13H13N3O3. The average molecular weight is 259 g/mol. The summed E-state index contributed by atoms with van der Waals surface area (Å²) in [5.41, 5.74) is 0.685. The minimum absolute atomic E-state index is 0.0780. The summed E-state index contributed by atoms with van der Waals surface area (Å²) in [6.07, 6.45) is 1.66. The number of carboxylic acid groups (broad SMARTS) is 1. The third-order valence-corrected chi connectivity index (χ3v) is 2.73. The highest BCUT2D eigenvalue weighted by Gasteiger charge is 2.20. The Bertz CT molecular complexity index is 634. The van der Waals surface area contributed by atoms with Crippen molar-refractivity contribution in [3.8, 4) is 0 Å². The number of benzene rings is 1. The van der Waals surface area contributed by atoms with Crippen molar-refractivity contribution in [2.45, 2.75) is 0 Å². The molecule has 0 aliphatic heterocycles. The van der Waals surface area contributed by atoms with Crippen molar-refractivity contribution in [2.24, 2.45) is 7.05 Å². The standard InChI is InChI=1S/C13H13N3O3/c1-15-8-7-10(14-15)12(17)16(2)11-6-4-3-5-9(11)13(18)19/h3-8H,1-2H3,(H,18,19). The summed E-state index contributed by atoms with van der Waals surface area (Å²) >= 11 is 0. The van der Waals surface area contributed by atoms with Gasteiger partial charge in [-0.05, 0) is 18.2 Å². The van der Waals surface area contributed by atoms with Crippen LogP contribution in [0.25, 0.3) is 0 Å². The van der Waals surface area contributed by atoms with E-state index in [9.17, 15) is 9.59 Å². The first-order chi connectivity index (χ1) is 9.00. The van der Waals surface area contributed by atoms with Gasteiger partial charge in [0.2, 0.25) is 0 Å². The van der Waals surface area contributed by atoms with Gasteiger partial charge in [-0.3, -0.25) is 9.48 Å². The Hall–Kier alpha value is -2.63. The van der Waals surface area contributed by atoms with Crippen molar-refractivity contribution < 1.29 is 14.7 Å². The second-order valence-corrected chi connectivity index (χ2v) is 4.06. The predicted octanol–water partition coefficient (Wildman–Crippen LogP) is 1.39. The molecule has 0 saturated carbocycles. The maximum Gasteiger partial charge on any atom is 0.337 e. The van der Waals surface area contributed by atoms with Crippen LogP contribution in [0.15, 0.2) is 36.5 Å². The first-order valence-corrected chi connectivity index (χ1v) is 5.60. The number of rotatable bonds is 3. The summed E-state index contributed by atoms with van der Waals surface area (Å²) in [5, 5.41) is 13.1. The number of hydrogen-bond acceptors (Lipinski definition) is 3. The van der Waals surface area contributed by atoms with Gasteiger partial charge in [0.1, 0.15) is 0 Å². The Balaban J connectivity index is 2.37. The molecule has 6 nitrogen and oxygen atoms in total. The average Bonchev–Trinajstić information content (AvgIpc) is 2.83. The zero-order valence-corrected chi connectivity index (χ0v) is 10.6. The van der Waals surface area contributed by atoms with Crippen molar-refractivity contribution in [3.05, 3.63) is 47.8 Å². The summed E-state index contributed by atoms with van der Waals surface area (Å²) in [6, 6.07) is 7.93. The molecule has 2 aromatic rings. The molecule has 0 radical (unpaired) electrons. The lowest BCUT2D eigenvalue weighted by atomic mass is 10.1. The molecule has 1 heterocycles. The minimum Gasteiger partial charge on any atom is -0.478 e. The zero-order chi connectivity index (χ0) is 14.0. The van der Waals surface area contributed by atoms with E-state index in [0.717, 1.165) is 0 Å². The van der Waals surface area contributed by atoms with Crippen molar-refractivity contribution in [3.63, 3.8) is 0 Å². The number of hydrogen-bond donors (Lipinski definition) is 1. The molecule has 0 aliphatic carbocycles. The van der Waals surface area contributed by atoms with Crippen LogP contribution in [0.5, 0.6) is 0 Å². The topological polar surface area (TPSA) is 75.4 Å². The van der Waals surface area contributed by atoms with Crippen LogP contribution in [-0.4, -0.2) is 33.8 Å². The number of para-hydroxylation sites is 1. The molecule has 6 heteroatoms. The van der Waals surface area contributed by atoms with Crippen molar-refractivity contribution in [1.29, 1.82) is 0 Å². The first kappa shape index (κ1) is 12.8. The second-order valence-electron chi connectivity index (χ2n) is 4.06. The molecule has 0 fully saturated rings. The number of aryl methyl sites for hydroxylation is 1. The summed E-state index contributed by atoms with van der Waals surface area (Å²) in [7, 11) is 3.24. The summed E-state index contributed by atoms with van der Waals surface area (Å²) in [6.45, 7) is 0. The van der Waals surface area contributed by atoms with Crippen molar-refractivity contribution in [2.75, 3.05) is 11.9 Å². The van der Waals surface area contributed by atoms with Gasteiger partial charge in [0.25, 0.3) is 5.91 Å². The maximum absolute atomic E-state index is 12.2. The molecule has 0 unspecified atom stereocenters. The van der Waals surface area contributed by atoms with Crippen LogP contribution in [0.2, 0.25) is 0 Å².